The van der Waals surface area contributed by atoms with Crippen LogP contribution >= 0.6 is 31.9 Å². The molecule has 0 atom stereocenters. The number of anilines is 1. The summed E-state index contributed by atoms with van der Waals surface area (Å²) in [6.07, 6.45) is 0. The number of ether oxygens (including phenoxy) is 1. The first-order valence-corrected chi connectivity index (χ1v) is 8.45. The number of methoxy groups -OCH3 is 1. The zero-order valence-electron chi connectivity index (χ0n) is 12.4. The Bertz CT molecular complexity index is 586. The SMILES string of the molecule is COc1c(Br)cc(CNc2ccc(C(C)C)cc2)cc1Br. The number of hydrogen-bond donors (Lipinski definition) is 1. The fraction of sp³-hybridized carbons (Fsp3) is 0.294. The molecule has 4 heteroatoms. The third kappa shape index (κ3) is 4.24. The van der Waals surface area contributed by atoms with Crippen LogP contribution in [0.2, 0.25) is 0 Å². The topological polar surface area (TPSA) is 21.3 Å². The van der Waals surface area contributed by atoms with Gasteiger partial charge in [0.1, 0.15) is 5.75 Å². The maximum Gasteiger partial charge on any atom is 0.147 e. The lowest BCUT2D eigenvalue weighted by Gasteiger charge is -2.12. The maximum absolute atomic E-state index is 5.31. The van der Waals surface area contributed by atoms with Crippen molar-refractivity contribution < 1.29 is 4.74 Å². The second-order valence-electron chi connectivity index (χ2n) is 5.22. The molecule has 0 heterocycles. The molecular formula is C17H19Br2NO. The van der Waals surface area contributed by atoms with Crippen molar-refractivity contribution >= 4 is 37.5 Å². The Balaban J connectivity index is 2.06. The van der Waals surface area contributed by atoms with Gasteiger partial charge in [-0.2, -0.15) is 0 Å². The third-order valence-electron chi connectivity index (χ3n) is 3.34. The Morgan fingerprint density at radius 2 is 1.62 bits per heavy atom. The highest BCUT2D eigenvalue weighted by Crippen LogP contribution is 2.34. The Hall–Kier alpha value is -1.00. The normalized spacial score (nSPS) is 10.8. The summed E-state index contributed by atoms with van der Waals surface area (Å²) in [7, 11) is 1.67. The van der Waals surface area contributed by atoms with E-state index in [-0.39, 0.29) is 0 Å². The largest absolute Gasteiger partial charge is 0.494 e. The van der Waals surface area contributed by atoms with Gasteiger partial charge in [-0.05, 0) is 73.2 Å². The molecule has 2 rings (SSSR count). The van der Waals surface area contributed by atoms with Gasteiger partial charge in [-0.15, -0.1) is 0 Å². The molecule has 0 amide bonds. The summed E-state index contributed by atoms with van der Waals surface area (Å²) < 4.78 is 7.22. The predicted molar refractivity (Wildman–Crippen MR) is 96.3 cm³/mol. The fourth-order valence-corrected chi connectivity index (χ4v) is 3.70. The summed E-state index contributed by atoms with van der Waals surface area (Å²) in [5.41, 5.74) is 3.67. The molecule has 1 N–H and O–H groups in total. The van der Waals surface area contributed by atoms with Crippen LogP contribution in [0.25, 0.3) is 0 Å². The van der Waals surface area contributed by atoms with E-state index in [9.17, 15) is 0 Å². The number of nitrogens with one attached hydrogen (secondary N) is 1. The number of halogens is 2. The molecular weight excluding hydrogens is 394 g/mol. The Morgan fingerprint density at radius 3 is 2.10 bits per heavy atom. The highest BCUT2D eigenvalue weighted by molar-refractivity contribution is 9.11. The number of rotatable bonds is 5. The molecule has 2 aromatic rings. The Morgan fingerprint density at radius 1 is 1.05 bits per heavy atom. The minimum absolute atomic E-state index is 0.563. The van der Waals surface area contributed by atoms with Crippen molar-refractivity contribution in [1.82, 2.24) is 0 Å². The smallest absolute Gasteiger partial charge is 0.147 e. The molecule has 0 aliphatic rings. The Labute approximate surface area is 143 Å². The van der Waals surface area contributed by atoms with E-state index >= 15 is 0 Å². The minimum atomic E-state index is 0.563. The van der Waals surface area contributed by atoms with Crippen molar-refractivity contribution in [2.45, 2.75) is 26.3 Å². The van der Waals surface area contributed by atoms with Gasteiger partial charge in [0.25, 0.3) is 0 Å². The average molecular weight is 413 g/mol. The van der Waals surface area contributed by atoms with Crippen LogP contribution in [0.4, 0.5) is 5.69 Å². The van der Waals surface area contributed by atoms with E-state index in [1.807, 2.05) is 0 Å². The van der Waals surface area contributed by atoms with Crippen LogP contribution < -0.4 is 10.1 Å². The van der Waals surface area contributed by atoms with E-state index in [1.165, 1.54) is 11.1 Å². The van der Waals surface area contributed by atoms with E-state index in [0.29, 0.717) is 5.92 Å². The monoisotopic (exact) mass is 411 g/mol. The van der Waals surface area contributed by atoms with Crippen LogP contribution in [0.3, 0.4) is 0 Å². The van der Waals surface area contributed by atoms with Crippen LogP contribution in [0.15, 0.2) is 45.3 Å². The molecule has 0 radical (unpaired) electrons. The van der Waals surface area contributed by atoms with E-state index in [4.69, 9.17) is 4.74 Å². The fourth-order valence-electron chi connectivity index (χ4n) is 2.10. The second-order valence-corrected chi connectivity index (χ2v) is 6.93. The molecule has 2 nitrogen and oxygen atoms in total. The molecule has 0 aliphatic carbocycles. The molecule has 0 bridgehead atoms. The molecule has 2 aromatic carbocycles. The number of hydrogen-bond acceptors (Lipinski definition) is 2. The number of benzene rings is 2. The Kier molecular flexibility index (Phi) is 5.71. The van der Waals surface area contributed by atoms with Gasteiger partial charge in [-0.25, -0.2) is 0 Å². The third-order valence-corrected chi connectivity index (χ3v) is 4.51. The van der Waals surface area contributed by atoms with Gasteiger partial charge in [-0.1, -0.05) is 26.0 Å². The molecule has 0 unspecified atom stereocenters. The summed E-state index contributed by atoms with van der Waals surface area (Å²) in [4.78, 5) is 0. The van der Waals surface area contributed by atoms with Crippen LogP contribution in [0.5, 0.6) is 5.75 Å². The lowest BCUT2D eigenvalue weighted by molar-refractivity contribution is 0.409. The predicted octanol–water partition coefficient (Wildman–Crippen LogP) is 5.96. The molecule has 0 spiro atoms. The summed E-state index contributed by atoms with van der Waals surface area (Å²) in [6, 6.07) is 12.7. The van der Waals surface area contributed by atoms with Crippen molar-refractivity contribution in [3.05, 3.63) is 56.5 Å². The zero-order valence-corrected chi connectivity index (χ0v) is 15.6. The summed E-state index contributed by atoms with van der Waals surface area (Å²) in [5, 5.41) is 3.44. The van der Waals surface area contributed by atoms with Gasteiger partial charge in [-0.3, -0.25) is 0 Å². The van der Waals surface area contributed by atoms with Gasteiger partial charge < -0.3 is 10.1 Å². The lowest BCUT2D eigenvalue weighted by atomic mass is 10.0. The summed E-state index contributed by atoms with van der Waals surface area (Å²) in [5.74, 6) is 1.38. The first kappa shape index (κ1) is 16.4. The highest BCUT2D eigenvalue weighted by atomic mass is 79.9. The molecule has 0 fully saturated rings. The first-order chi connectivity index (χ1) is 10.0. The highest BCUT2D eigenvalue weighted by Gasteiger charge is 2.07. The molecule has 0 aromatic heterocycles. The first-order valence-electron chi connectivity index (χ1n) is 6.87. The molecule has 0 aliphatic heterocycles. The maximum atomic E-state index is 5.31. The molecule has 0 saturated carbocycles. The van der Waals surface area contributed by atoms with Crippen molar-refractivity contribution in [3.8, 4) is 5.75 Å². The second kappa shape index (κ2) is 7.32. The summed E-state index contributed by atoms with van der Waals surface area (Å²) in [6.45, 7) is 5.17. The average Bonchev–Trinajstić information content (AvgIpc) is 2.45. The zero-order chi connectivity index (χ0) is 15.4. The van der Waals surface area contributed by atoms with Crippen molar-refractivity contribution in [1.29, 1.82) is 0 Å². The quantitative estimate of drug-likeness (QED) is 0.654. The van der Waals surface area contributed by atoms with E-state index in [2.05, 4.69) is 87.4 Å². The van der Waals surface area contributed by atoms with Gasteiger partial charge in [0.05, 0.1) is 16.1 Å². The van der Waals surface area contributed by atoms with Crippen LogP contribution in [0, 0.1) is 0 Å². The van der Waals surface area contributed by atoms with Crippen LogP contribution in [0.1, 0.15) is 30.9 Å². The van der Waals surface area contributed by atoms with Gasteiger partial charge in [0.15, 0.2) is 0 Å². The van der Waals surface area contributed by atoms with Gasteiger partial charge in [0, 0.05) is 12.2 Å². The van der Waals surface area contributed by atoms with E-state index in [0.717, 1.165) is 26.9 Å². The van der Waals surface area contributed by atoms with E-state index < -0.39 is 0 Å². The van der Waals surface area contributed by atoms with Crippen LogP contribution in [-0.4, -0.2) is 7.11 Å². The van der Waals surface area contributed by atoms with Gasteiger partial charge in [0.2, 0.25) is 0 Å². The molecule has 112 valence electrons. The summed E-state index contributed by atoms with van der Waals surface area (Å²) >= 11 is 7.05. The molecule has 21 heavy (non-hydrogen) atoms. The van der Waals surface area contributed by atoms with Crippen molar-refractivity contribution in [3.63, 3.8) is 0 Å². The lowest BCUT2D eigenvalue weighted by Crippen LogP contribution is -2.00. The molecule has 0 saturated heterocycles. The van der Waals surface area contributed by atoms with Gasteiger partial charge >= 0.3 is 0 Å². The minimum Gasteiger partial charge on any atom is -0.494 e. The van der Waals surface area contributed by atoms with Crippen molar-refractivity contribution in [2.24, 2.45) is 0 Å². The standard InChI is InChI=1S/C17H19Br2NO/c1-11(2)13-4-6-14(7-5-13)20-10-12-8-15(18)17(21-3)16(19)9-12/h4-9,11,20H,10H2,1-3H3. The van der Waals surface area contributed by atoms with E-state index in [1.54, 1.807) is 7.11 Å². The van der Waals surface area contributed by atoms with Crippen molar-refractivity contribution in [2.75, 3.05) is 12.4 Å². The van der Waals surface area contributed by atoms with Crippen LogP contribution in [-0.2, 0) is 6.54 Å².